The van der Waals surface area contributed by atoms with Crippen molar-refractivity contribution in [2.45, 2.75) is 31.5 Å². The van der Waals surface area contributed by atoms with Gasteiger partial charge in [-0.2, -0.15) is 0 Å². The highest BCUT2D eigenvalue weighted by Crippen LogP contribution is 2.29. The molecular formula is C19H28FN3O2. The number of ether oxygens (including phenoxy) is 1. The van der Waals surface area contributed by atoms with Gasteiger partial charge in [-0.1, -0.05) is 18.2 Å². The number of hydrogen-bond acceptors (Lipinski definition) is 4. The summed E-state index contributed by atoms with van der Waals surface area (Å²) in [6.45, 7) is 3.80. The lowest BCUT2D eigenvalue weighted by Gasteiger charge is -2.35. The second kappa shape index (κ2) is 8.25. The van der Waals surface area contributed by atoms with Gasteiger partial charge in [-0.15, -0.1) is 0 Å². The number of amides is 1. The highest BCUT2D eigenvalue weighted by atomic mass is 19.1. The van der Waals surface area contributed by atoms with Crippen LogP contribution in [0.4, 0.5) is 4.39 Å². The summed E-state index contributed by atoms with van der Waals surface area (Å²) in [6, 6.07) is 6.99. The maximum Gasteiger partial charge on any atom is 0.237 e. The molecule has 0 bridgehead atoms. The van der Waals surface area contributed by atoms with Crippen molar-refractivity contribution in [2.24, 2.45) is 0 Å². The number of rotatable bonds is 7. The molecule has 2 aliphatic rings. The minimum Gasteiger partial charge on any atom is -0.374 e. The molecule has 1 aliphatic heterocycles. The van der Waals surface area contributed by atoms with E-state index in [1.807, 2.05) is 25.1 Å². The highest BCUT2D eigenvalue weighted by Gasteiger charge is 2.34. The van der Waals surface area contributed by atoms with Crippen molar-refractivity contribution >= 4 is 5.91 Å². The molecule has 1 atom stereocenters. The Kier molecular flexibility index (Phi) is 6.04. The molecule has 138 valence electrons. The lowest BCUT2D eigenvalue weighted by Crippen LogP contribution is -2.50. The number of likely N-dealkylation sites (N-methyl/N-ethyl adjacent to an activating group) is 1. The molecule has 0 aromatic heterocycles. The van der Waals surface area contributed by atoms with E-state index in [-0.39, 0.29) is 23.9 Å². The van der Waals surface area contributed by atoms with Crippen molar-refractivity contribution < 1.29 is 13.9 Å². The second-order valence-corrected chi connectivity index (χ2v) is 7.33. The van der Waals surface area contributed by atoms with Crippen LogP contribution in [0.3, 0.4) is 0 Å². The van der Waals surface area contributed by atoms with E-state index in [1.54, 1.807) is 12.1 Å². The normalized spacial score (nSPS) is 21.5. The van der Waals surface area contributed by atoms with E-state index in [0.29, 0.717) is 25.3 Å². The van der Waals surface area contributed by atoms with E-state index in [2.05, 4.69) is 9.80 Å². The number of morpholine rings is 1. The molecule has 1 aliphatic carbocycles. The van der Waals surface area contributed by atoms with Crippen LogP contribution in [0.25, 0.3) is 0 Å². The summed E-state index contributed by atoms with van der Waals surface area (Å²) in [7, 11) is 4.05. The first-order valence-corrected chi connectivity index (χ1v) is 9.04. The molecule has 0 N–H and O–H groups in total. The Bertz CT molecular complexity index is 592. The zero-order valence-electron chi connectivity index (χ0n) is 15.2. The molecule has 0 spiro atoms. The van der Waals surface area contributed by atoms with E-state index < -0.39 is 0 Å². The number of benzene rings is 1. The number of carbonyl (C=O) groups is 1. The number of carbonyl (C=O) groups excluding carboxylic acids is 1. The van der Waals surface area contributed by atoms with Gasteiger partial charge in [0.2, 0.25) is 5.91 Å². The van der Waals surface area contributed by atoms with Crippen molar-refractivity contribution in [3.8, 4) is 0 Å². The molecule has 1 aromatic carbocycles. The summed E-state index contributed by atoms with van der Waals surface area (Å²) in [4.78, 5) is 19.0. The Morgan fingerprint density at radius 1 is 1.32 bits per heavy atom. The van der Waals surface area contributed by atoms with Gasteiger partial charge in [0.15, 0.2) is 0 Å². The van der Waals surface area contributed by atoms with Crippen LogP contribution >= 0.6 is 0 Å². The maximum atomic E-state index is 14.0. The molecule has 0 radical (unpaired) electrons. The first-order chi connectivity index (χ1) is 12.0. The van der Waals surface area contributed by atoms with Crippen LogP contribution in [0.1, 0.15) is 18.4 Å². The van der Waals surface area contributed by atoms with Crippen LogP contribution in [-0.2, 0) is 16.1 Å². The third kappa shape index (κ3) is 5.23. The molecule has 1 saturated heterocycles. The third-order valence-corrected chi connectivity index (χ3v) is 4.76. The van der Waals surface area contributed by atoms with Crippen molar-refractivity contribution in [2.75, 3.05) is 46.9 Å². The fourth-order valence-electron chi connectivity index (χ4n) is 3.34. The quantitative estimate of drug-likeness (QED) is 0.749. The first-order valence-electron chi connectivity index (χ1n) is 9.04. The summed E-state index contributed by atoms with van der Waals surface area (Å²) >= 11 is 0. The van der Waals surface area contributed by atoms with Gasteiger partial charge in [-0.3, -0.25) is 9.69 Å². The van der Waals surface area contributed by atoms with Crippen LogP contribution in [0, 0.1) is 5.82 Å². The fraction of sp³-hybridized carbons (Fsp3) is 0.632. The van der Waals surface area contributed by atoms with Crippen LogP contribution in [0.2, 0.25) is 0 Å². The molecule has 5 nitrogen and oxygen atoms in total. The summed E-state index contributed by atoms with van der Waals surface area (Å²) in [5, 5.41) is 0. The second-order valence-electron chi connectivity index (χ2n) is 7.33. The predicted molar refractivity (Wildman–Crippen MR) is 94.7 cm³/mol. The van der Waals surface area contributed by atoms with E-state index in [4.69, 9.17) is 4.74 Å². The molecular weight excluding hydrogens is 321 g/mol. The first kappa shape index (κ1) is 18.3. The van der Waals surface area contributed by atoms with Gasteiger partial charge >= 0.3 is 0 Å². The lowest BCUT2D eigenvalue weighted by atomic mass is 10.2. The molecule has 1 unspecified atom stereocenters. The van der Waals surface area contributed by atoms with Crippen LogP contribution < -0.4 is 0 Å². The molecule has 1 heterocycles. The lowest BCUT2D eigenvalue weighted by molar-refractivity contribution is -0.135. The highest BCUT2D eigenvalue weighted by molar-refractivity contribution is 5.79. The molecule has 25 heavy (non-hydrogen) atoms. The summed E-state index contributed by atoms with van der Waals surface area (Å²) in [5.41, 5.74) is 0.593. The molecule has 1 amide bonds. The third-order valence-electron chi connectivity index (χ3n) is 4.76. The molecule has 1 saturated carbocycles. The van der Waals surface area contributed by atoms with E-state index in [0.717, 1.165) is 32.5 Å². The van der Waals surface area contributed by atoms with E-state index in [9.17, 15) is 9.18 Å². The topological polar surface area (TPSA) is 36.0 Å². The molecule has 6 heteroatoms. The average Bonchev–Trinajstić information content (AvgIpc) is 3.38. The summed E-state index contributed by atoms with van der Waals surface area (Å²) < 4.78 is 19.7. The predicted octanol–water partition coefficient (Wildman–Crippen LogP) is 1.58. The van der Waals surface area contributed by atoms with Gasteiger partial charge in [0.25, 0.3) is 0 Å². The summed E-state index contributed by atoms with van der Waals surface area (Å²) in [6.07, 6.45) is 2.18. The van der Waals surface area contributed by atoms with Gasteiger partial charge < -0.3 is 14.5 Å². The molecule has 3 rings (SSSR count). The van der Waals surface area contributed by atoms with Crippen molar-refractivity contribution in [3.05, 3.63) is 35.6 Å². The Morgan fingerprint density at radius 2 is 2.08 bits per heavy atom. The van der Waals surface area contributed by atoms with Crippen molar-refractivity contribution in [3.63, 3.8) is 0 Å². The Hall–Kier alpha value is -1.50. The van der Waals surface area contributed by atoms with Gasteiger partial charge in [-0.25, -0.2) is 4.39 Å². The molecule has 1 aromatic rings. The van der Waals surface area contributed by atoms with Gasteiger partial charge in [0.05, 0.1) is 19.3 Å². The minimum atomic E-state index is -0.238. The SMILES string of the molecule is CN(C)CC1CN(CC(=O)N(Cc2ccccc2F)C2CC2)CCO1. The Labute approximate surface area is 149 Å². The van der Waals surface area contributed by atoms with Crippen LogP contribution in [0.15, 0.2) is 24.3 Å². The van der Waals surface area contributed by atoms with Gasteiger partial charge in [0.1, 0.15) is 5.82 Å². The van der Waals surface area contributed by atoms with E-state index in [1.165, 1.54) is 6.07 Å². The zero-order chi connectivity index (χ0) is 17.8. The van der Waals surface area contributed by atoms with Crippen LogP contribution in [0.5, 0.6) is 0 Å². The zero-order valence-corrected chi connectivity index (χ0v) is 15.2. The minimum absolute atomic E-state index is 0.0938. The molecule has 2 fully saturated rings. The van der Waals surface area contributed by atoms with Gasteiger partial charge in [0, 0.05) is 37.8 Å². The van der Waals surface area contributed by atoms with E-state index >= 15 is 0 Å². The van der Waals surface area contributed by atoms with Gasteiger partial charge in [-0.05, 0) is 33.0 Å². The maximum absolute atomic E-state index is 14.0. The number of hydrogen-bond donors (Lipinski definition) is 0. The standard InChI is InChI=1S/C19H28FN3O2/c1-21(2)12-17-13-22(9-10-25-17)14-19(24)23(16-7-8-16)11-15-5-3-4-6-18(15)20/h3-6,16-17H,7-14H2,1-2H3. The fourth-order valence-corrected chi connectivity index (χ4v) is 3.34. The van der Waals surface area contributed by atoms with Crippen LogP contribution in [-0.4, -0.2) is 79.6 Å². The van der Waals surface area contributed by atoms with Crippen molar-refractivity contribution in [1.29, 1.82) is 0 Å². The average molecular weight is 349 g/mol. The summed E-state index contributed by atoms with van der Waals surface area (Å²) in [5.74, 6) is -0.144. The monoisotopic (exact) mass is 349 g/mol. The Balaban J connectivity index is 1.59. The number of nitrogens with zero attached hydrogens (tertiary/aromatic N) is 3. The largest absolute Gasteiger partial charge is 0.374 e. The van der Waals surface area contributed by atoms with Crippen molar-refractivity contribution in [1.82, 2.24) is 14.7 Å². The number of halogens is 1. The smallest absolute Gasteiger partial charge is 0.237 e. The Morgan fingerprint density at radius 3 is 2.76 bits per heavy atom.